The Morgan fingerprint density at radius 1 is 1.15 bits per heavy atom. The summed E-state index contributed by atoms with van der Waals surface area (Å²) in [4.78, 5) is 31.4. The van der Waals surface area contributed by atoms with Crippen LogP contribution in [0.1, 0.15) is 71.6 Å². The van der Waals surface area contributed by atoms with E-state index in [9.17, 15) is 14.7 Å². The SMILES string of the molecule is COCCOC[C@H]1CC[C@H](N(C(=O)Nc2ncc(SC(C)(C)C(=O)O)s2)C2CCCCC2)CC1. The van der Waals surface area contributed by atoms with Gasteiger partial charge in [0.1, 0.15) is 4.75 Å². The number of anilines is 1. The molecule has 0 aliphatic heterocycles. The highest BCUT2D eigenvalue weighted by Gasteiger charge is 2.35. The Morgan fingerprint density at radius 3 is 2.47 bits per heavy atom. The van der Waals surface area contributed by atoms with Crippen molar-refractivity contribution in [2.75, 3.05) is 32.2 Å². The Hall–Kier alpha value is -1.36. The topological polar surface area (TPSA) is 101 Å². The van der Waals surface area contributed by atoms with Crippen molar-refractivity contribution >= 4 is 40.2 Å². The molecule has 1 aromatic rings. The lowest BCUT2D eigenvalue weighted by molar-refractivity contribution is -0.138. The fraction of sp³-hybridized carbons (Fsp3) is 0.792. The molecule has 2 amide bonds. The summed E-state index contributed by atoms with van der Waals surface area (Å²) >= 11 is 2.58. The van der Waals surface area contributed by atoms with Gasteiger partial charge in [-0.15, -0.1) is 0 Å². The van der Waals surface area contributed by atoms with Crippen LogP contribution in [-0.4, -0.2) is 70.8 Å². The molecule has 0 aromatic carbocycles. The molecule has 2 saturated carbocycles. The Kier molecular flexibility index (Phi) is 10.5. The van der Waals surface area contributed by atoms with Crippen molar-refractivity contribution in [3.8, 4) is 0 Å². The zero-order valence-corrected chi connectivity index (χ0v) is 22.2. The van der Waals surface area contributed by atoms with E-state index in [4.69, 9.17) is 9.47 Å². The third-order valence-corrected chi connectivity index (χ3v) is 8.97. The van der Waals surface area contributed by atoms with E-state index in [0.29, 0.717) is 24.3 Å². The number of urea groups is 1. The van der Waals surface area contributed by atoms with Crippen LogP contribution in [0.4, 0.5) is 9.93 Å². The normalized spacial score (nSPS) is 21.9. The molecule has 2 aliphatic rings. The van der Waals surface area contributed by atoms with Crippen molar-refractivity contribution < 1.29 is 24.2 Å². The zero-order valence-electron chi connectivity index (χ0n) is 20.6. The van der Waals surface area contributed by atoms with Crippen LogP contribution in [0.2, 0.25) is 0 Å². The average Bonchev–Trinajstić information content (AvgIpc) is 3.24. The fourth-order valence-corrected chi connectivity index (χ4v) is 7.05. The maximum Gasteiger partial charge on any atom is 0.324 e. The molecular formula is C24H39N3O5S2. The molecule has 1 heterocycles. The number of aliphatic carboxylic acids is 1. The second kappa shape index (κ2) is 13.1. The summed E-state index contributed by atoms with van der Waals surface area (Å²) in [5.74, 6) is -0.333. The number of carboxylic acids is 1. The maximum atomic E-state index is 13.5. The van der Waals surface area contributed by atoms with Gasteiger partial charge in [-0.1, -0.05) is 42.4 Å². The molecule has 0 radical (unpaired) electrons. The van der Waals surface area contributed by atoms with Crippen LogP contribution in [0.25, 0.3) is 0 Å². The van der Waals surface area contributed by atoms with Gasteiger partial charge in [-0.25, -0.2) is 9.78 Å². The van der Waals surface area contributed by atoms with E-state index in [2.05, 4.69) is 15.2 Å². The lowest BCUT2D eigenvalue weighted by atomic mass is 9.84. The molecule has 1 aromatic heterocycles. The van der Waals surface area contributed by atoms with Gasteiger partial charge < -0.3 is 19.5 Å². The molecule has 3 rings (SSSR count). The van der Waals surface area contributed by atoms with E-state index >= 15 is 0 Å². The number of thiazole rings is 1. The summed E-state index contributed by atoms with van der Waals surface area (Å²) < 4.78 is 10.6. The quantitative estimate of drug-likeness (QED) is 0.298. The molecule has 0 spiro atoms. The number of thioether (sulfide) groups is 1. The van der Waals surface area contributed by atoms with Crippen LogP contribution in [0.5, 0.6) is 0 Å². The van der Waals surface area contributed by atoms with Crippen LogP contribution >= 0.6 is 23.1 Å². The number of amides is 2. The number of carbonyl (C=O) groups excluding carboxylic acids is 1. The van der Waals surface area contributed by atoms with E-state index in [-0.39, 0.29) is 18.1 Å². The van der Waals surface area contributed by atoms with Crippen LogP contribution in [0.15, 0.2) is 10.4 Å². The van der Waals surface area contributed by atoms with Gasteiger partial charge in [-0.2, -0.15) is 0 Å². The van der Waals surface area contributed by atoms with Crippen molar-refractivity contribution in [2.45, 2.75) is 92.7 Å². The lowest BCUT2D eigenvalue weighted by Gasteiger charge is -2.42. The van der Waals surface area contributed by atoms with Crippen molar-refractivity contribution in [3.63, 3.8) is 0 Å². The first kappa shape index (κ1) is 27.2. The smallest absolute Gasteiger partial charge is 0.324 e. The van der Waals surface area contributed by atoms with Crippen molar-refractivity contribution in [2.24, 2.45) is 5.92 Å². The summed E-state index contributed by atoms with van der Waals surface area (Å²) in [7, 11) is 1.68. The van der Waals surface area contributed by atoms with Gasteiger partial charge in [0.15, 0.2) is 5.13 Å². The number of carbonyl (C=O) groups is 2. The highest BCUT2D eigenvalue weighted by atomic mass is 32.2. The highest BCUT2D eigenvalue weighted by molar-refractivity contribution is 8.03. The first-order valence-electron chi connectivity index (χ1n) is 12.3. The van der Waals surface area contributed by atoms with Gasteiger partial charge in [-0.3, -0.25) is 10.1 Å². The molecular weight excluding hydrogens is 474 g/mol. The third-order valence-electron chi connectivity index (χ3n) is 6.77. The van der Waals surface area contributed by atoms with Gasteiger partial charge >= 0.3 is 12.0 Å². The van der Waals surface area contributed by atoms with Crippen LogP contribution in [0, 0.1) is 5.92 Å². The molecule has 2 aliphatic carbocycles. The number of nitrogens with zero attached hydrogens (tertiary/aromatic N) is 2. The van der Waals surface area contributed by atoms with Gasteiger partial charge in [-0.05, 0) is 58.3 Å². The van der Waals surface area contributed by atoms with Crippen LogP contribution < -0.4 is 5.32 Å². The predicted molar refractivity (Wildman–Crippen MR) is 136 cm³/mol. The minimum Gasteiger partial charge on any atom is -0.480 e. The van der Waals surface area contributed by atoms with Crippen LogP contribution in [-0.2, 0) is 14.3 Å². The van der Waals surface area contributed by atoms with Crippen molar-refractivity contribution in [3.05, 3.63) is 6.20 Å². The molecule has 0 saturated heterocycles. The number of hydrogen-bond acceptors (Lipinski definition) is 7. The molecule has 0 unspecified atom stereocenters. The Morgan fingerprint density at radius 2 is 1.82 bits per heavy atom. The molecule has 2 N–H and O–H groups in total. The number of rotatable bonds is 11. The van der Waals surface area contributed by atoms with Crippen LogP contribution in [0.3, 0.4) is 0 Å². The summed E-state index contributed by atoms with van der Waals surface area (Å²) in [5, 5.41) is 12.9. The first-order valence-corrected chi connectivity index (χ1v) is 14.0. The standard InChI is InChI=1S/C24H39N3O5S2/c1-24(2,21(28)29)34-20-15-25-22(33-20)26-23(30)27(18-7-5-4-6-8-18)19-11-9-17(10-12-19)16-32-14-13-31-3/h15,17-19H,4-14,16H2,1-3H3,(H,28,29)(H,25,26,30)/t17-,19-. The van der Waals surface area contributed by atoms with Gasteiger partial charge in [0.25, 0.3) is 0 Å². The molecule has 0 bridgehead atoms. The monoisotopic (exact) mass is 513 g/mol. The number of methoxy groups -OCH3 is 1. The minimum absolute atomic E-state index is 0.0740. The Balaban J connectivity index is 1.60. The van der Waals surface area contributed by atoms with E-state index in [0.717, 1.165) is 49.3 Å². The summed E-state index contributed by atoms with van der Waals surface area (Å²) in [6, 6.07) is 0.432. The molecule has 2 fully saturated rings. The van der Waals surface area contributed by atoms with E-state index < -0.39 is 10.7 Å². The lowest BCUT2D eigenvalue weighted by Crippen LogP contribution is -2.51. The maximum absolute atomic E-state index is 13.5. The van der Waals surface area contributed by atoms with Gasteiger partial charge in [0.05, 0.1) is 23.6 Å². The van der Waals surface area contributed by atoms with Gasteiger partial charge in [0, 0.05) is 25.8 Å². The summed E-state index contributed by atoms with van der Waals surface area (Å²) in [6.07, 6.45) is 11.5. The van der Waals surface area contributed by atoms with E-state index in [1.165, 1.54) is 42.4 Å². The summed E-state index contributed by atoms with van der Waals surface area (Å²) in [5.41, 5.74) is 0. The zero-order chi connectivity index (χ0) is 24.6. The van der Waals surface area contributed by atoms with E-state index in [1.54, 1.807) is 27.2 Å². The van der Waals surface area contributed by atoms with E-state index in [1.807, 2.05) is 0 Å². The Labute approximate surface area is 211 Å². The summed E-state index contributed by atoms with van der Waals surface area (Å²) in [6.45, 7) is 5.35. The predicted octanol–water partition coefficient (Wildman–Crippen LogP) is 5.49. The largest absolute Gasteiger partial charge is 0.480 e. The number of hydrogen-bond donors (Lipinski definition) is 2. The number of aromatic nitrogens is 1. The number of ether oxygens (including phenoxy) is 2. The molecule has 10 heteroatoms. The second-order valence-corrected chi connectivity index (χ2v) is 12.7. The second-order valence-electron chi connectivity index (χ2n) is 9.77. The average molecular weight is 514 g/mol. The Bertz CT molecular complexity index is 789. The third kappa shape index (κ3) is 7.83. The fourth-order valence-electron chi connectivity index (χ4n) is 4.79. The highest BCUT2D eigenvalue weighted by Crippen LogP contribution is 2.38. The molecule has 34 heavy (non-hydrogen) atoms. The minimum atomic E-state index is -0.951. The van der Waals surface area contributed by atoms with Crippen molar-refractivity contribution in [1.82, 2.24) is 9.88 Å². The molecule has 8 nitrogen and oxygen atoms in total. The molecule has 0 atom stereocenters. The molecule has 192 valence electrons. The van der Waals surface area contributed by atoms with Gasteiger partial charge in [0.2, 0.25) is 0 Å². The number of nitrogens with one attached hydrogen (secondary N) is 1. The number of carboxylic acid groups (broad SMARTS) is 1. The van der Waals surface area contributed by atoms with Crippen molar-refractivity contribution in [1.29, 1.82) is 0 Å². The first-order chi connectivity index (χ1) is 16.3.